The fourth-order valence-electron chi connectivity index (χ4n) is 11.2. The Morgan fingerprint density at radius 2 is 1.12 bits per heavy atom. The van der Waals surface area contributed by atoms with Gasteiger partial charge in [-0.15, -0.1) is 0 Å². The fourth-order valence-corrected chi connectivity index (χ4v) is 16.4. The van der Waals surface area contributed by atoms with Crippen molar-refractivity contribution in [2.75, 3.05) is 46.2 Å². The summed E-state index contributed by atoms with van der Waals surface area (Å²) in [5, 5.41) is 0. The van der Waals surface area contributed by atoms with E-state index in [1.165, 1.54) is 89.5 Å². The second kappa shape index (κ2) is 29.7. The van der Waals surface area contributed by atoms with Crippen LogP contribution < -0.4 is 0 Å². The van der Waals surface area contributed by atoms with Crippen molar-refractivity contribution in [3.8, 4) is 0 Å². The molecule has 5 nitrogen and oxygen atoms in total. The predicted octanol–water partition coefficient (Wildman–Crippen LogP) is 13.8. The molecular weight excluding hydrogens is 753 g/mol. The maximum absolute atomic E-state index is 7.14. The summed E-state index contributed by atoms with van der Waals surface area (Å²) in [5.41, 5.74) is 0.908. The number of ether oxygens (including phenoxy) is 3. The minimum absolute atomic E-state index is 0.117. The molecule has 0 N–H and O–H groups in total. The van der Waals surface area contributed by atoms with Crippen LogP contribution in [-0.2, 0) is 23.1 Å². The van der Waals surface area contributed by atoms with Crippen LogP contribution in [-0.4, -0.2) is 78.5 Å². The maximum atomic E-state index is 7.14. The highest BCUT2D eigenvalue weighted by Crippen LogP contribution is 2.58. The van der Waals surface area contributed by atoms with E-state index in [4.69, 9.17) is 23.1 Å². The number of rotatable bonds is 37. The Hall–Kier alpha value is 0.451. The quantitative estimate of drug-likeness (QED) is 0.0460. The largest absolute Gasteiger partial charge is 0.418 e. The van der Waals surface area contributed by atoms with Crippen LogP contribution in [0, 0.1) is 53.3 Å². The third-order valence-corrected chi connectivity index (χ3v) is 19.8. The number of hydrogen-bond acceptors (Lipinski definition) is 5. The minimum Gasteiger partial charge on any atom is -0.418 e. The Balaban J connectivity index is 2.31. The first-order valence-corrected chi connectivity index (χ1v) is 33.8. The number of hydrogen-bond donors (Lipinski definition) is 0. The lowest BCUT2D eigenvalue weighted by molar-refractivity contribution is -0.0490. The molecule has 2 rings (SSSR count). The van der Waals surface area contributed by atoms with Gasteiger partial charge in [-0.2, -0.15) is 0 Å². The summed E-state index contributed by atoms with van der Waals surface area (Å²) in [6.07, 6.45) is 22.6. The molecule has 0 spiro atoms. The van der Waals surface area contributed by atoms with Crippen LogP contribution in [0.25, 0.3) is 0 Å². The third-order valence-electron chi connectivity index (χ3n) is 14.3. The highest BCUT2D eigenvalue weighted by Gasteiger charge is 2.49. The fraction of sp³-hybridized carbons (Fsp3) is 1.00. The SMILES string of the molecule is CCCCC(CO[Si](C)(C)C)C(CCCC)C(CCCC)C(CC1CC2CC(C[SiH2]OC(COCCC)C(COCCC)C(CC)COCCC)C1C2)[Si](C)(C)C. The first-order chi connectivity index (χ1) is 27.3. The van der Waals surface area contributed by atoms with E-state index in [9.17, 15) is 0 Å². The average Bonchev–Trinajstić information content (AvgIpc) is 3.76. The van der Waals surface area contributed by atoms with Crippen LogP contribution >= 0.6 is 0 Å². The molecule has 0 radical (unpaired) electrons. The van der Waals surface area contributed by atoms with E-state index in [0.717, 1.165) is 112 Å². The van der Waals surface area contributed by atoms with Crippen molar-refractivity contribution < 1.29 is 23.1 Å². The van der Waals surface area contributed by atoms with Crippen molar-refractivity contribution in [1.82, 2.24) is 0 Å². The summed E-state index contributed by atoms with van der Waals surface area (Å²) < 4.78 is 32.7. The van der Waals surface area contributed by atoms with Crippen molar-refractivity contribution in [2.45, 2.75) is 215 Å². The molecular formula is C49H102O5Si3. The molecule has 0 aromatic heterocycles. The van der Waals surface area contributed by atoms with Crippen molar-refractivity contribution in [3.63, 3.8) is 0 Å². The van der Waals surface area contributed by atoms with Crippen molar-refractivity contribution >= 4 is 26.2 Å². The molecule has 11 atom stereocenters. The molecule has 0 amide bonds. The Bertz CT molecular complexity index is 972. The molecule has 11 unspecified atom stereocenters. The maximum Gasteiger partial charge on any atom is 0.183 e. The van der Waals surface area contributed by atoms with E-state index in [-0.39, 0.29) is 6.10 Å². The topological polar surface area (TPSA) is 46.2 Å². The van der Waals surface area contributed by atoms with Gasteiger partial charge >= 0.3 is 0 Å². The van der Waals surface area contributed by atoms with Gasteiger partial charge in [-0.05, 0) is 136 Å². The van der Waals surface area contributed by atoms with Crippen LogP contribution in [0.1, 0.15) is 158 Å². The van der Waals surface area contributed by atoms with Gasteiger partial charge in [0.1, 0.15) is 0 Å². The van der Waals surface area contributed by atoms with Crippen LogP contribution in [0.4, 0.5) is 0 Å². The van der Waals surface area contributed by atoms with E-state index < -0.39 is 26.2 Å². The first kappa shape index (κ1) is 53.6. The van der Waals surface area contributed by atoms with Gasteiger partial charge < -0.3 is 23.1 Å². The molecule has 8 heteroatoms. The summed E-state index contributed by atoms with van der Waals surface area (Å²) in [6.45, 7) is 37.3. The smallest absolute Gasteiger partial charge is 0.183 e. The Labute approximate surface area is 361 Å². The lowest BCUT2D eigenvalue weighted by Gasteiger charge is -2.46. The number of unbranched alkanes of at least 4 members (excludes halogenated alkanes) is 3. The molecule has 0 aliphatic heterocycles. The van der Waals surface area contributed by atoms with Gasteiger partial charge in [-0.3, -0.25) is 0 Å². The molecule has 2 aliphatic carbocycles. The average molecular weight is 856 g/mol. The van der Waals surface area contributed by atoms with Crippen LogP contribution in [0.5, 0.6) is 0 Å². The van der Waals surface area contributed by atoms with E-state index in [1.54, 1.807) is 0 Å². The summed E-state index contributed by atoms with van der Waals surface area (Å²) in [5.74, 6) is 6.81. The molecule has 0 saturated heterocycles. The van der Waals surface area contributed by atoms with Crippen molar-refractivity contribution in [1.29, 1.82) is 0 Å². The standard InChI is InChI=1S/C49H102O5Si3/c1-14-21-24-41(35-53-57(11,12)13)44(25-22-15-2)45(26-23-16-3)49(56(8,9)10)33-42-30-39-31-43(46(42)32-39)38-55-54-48(37-52-29-19-6)47(36-51-28-18-5)40(20-7)34-50-27-17-4/h39-49H,14-38,55H2,1-13H3. The van der Waals surface area contributed by atoms with Crippen LogP contribution in [0.3, 0.4) is 0 Å². The van der Waals surface area contributed by atoms with E-state index in [1.807, 2.05) is 0 Å². The minimum atomic E-state index is -1.58. The summed E-state index contributed by atoms with van der Waals surface area (Å²) in [6, 6.07) is 1.34. The van der Waals surface area contributed by atoms with Crippen molar-refractivity contribution in [2.24, 2.45) is 53.3 Å². The Morgan fingerprint density at radius 1 is 0.561 bits per heavy atom. The molecule has 0 heterocycles. The lowest BCUT2D eigenvalue weighted by Crippen LogP contribution is -2.42. The molecule has 0 aromatic rings. The normalized spacial score (nSPS) is 23.9. The van der Waals surface area contributed by atoms with Gasteiger partial charge in [-0.25, -0.2) is 0 Å². The second-order valence-electron chi connectivity index (χ2n) is 21.2. The van der Waals surface area contributed by atoms with Gasteiger partial charge in [0, 0.05) is 47.0 Å². The van der Waals surface area contributed by atoms with E-state index >= 15 is 0 Å². The molecule has 340 valence electrons. The third kappa shape index (κ3) is 20.0. The molecule has 2 aliphatic rings. The van der Waals surface area contributed by atoms with E-state index in [2.05, 4.69) is 87.7 Å². The van der Waals surface area contributed by atoms with Gasteiger partial charge in [0.05, 0.1) is 19.3 Å². The highest BCUT2D eigenvalue weighted by atomic mass is 28.4. The van der Waals surface area contributed by atoms with Gasteiger partial charge in [-0.1, -0.05) is 119 Å². The van der Waals surface area contributed by atoms with Gasteiger partial charge in [0.15, 0.2) is 18.1 Å². The highest BCUT2D eigenvalue weighted by molar-refractivity contribution is 6.77. The zero-order chi connectivity index (χ0) is 42.3. The summed E-state index contributed by atoms with van der Waals surface area (Å²) >= 11 is 0. The second-order valence-corrected chi connectivity index (χ2v) is 32.5. The van der Waals surface area contributed by atoms with Crippen LogP contribution in [0.2, 0.25) is 50.9 Å². The van der Waals surface area contributed by atoms with Gasteiger partial charge in [0.25, 0.3) is 0 Å². The summed E-state index contributed by atoms with van der Waals surface area (Å²) in [7, 11) is -3.73. The monoisotopic (exact) mass is 855 g/mol. The van der Waals surface area contributed by atoms with Crippen LogP contribution in [0.15, 0.2) is 0 Å². The molecule has 2 bridgehead atoms. The predicted molar refractivity (Wildman–Crippen MR) is 257 cm³/mol. The number of fused-ring (bicyclic) bond motifs is 2. The zero-order valence-corrected chi connectivity index (χ0v) is 44.2. The van der Waals surface area contributed by atoms with Gasteiger partial charge in [0.2, 0.25) is 0 Å². The zero-order valence-electron chi connectivity index (χ0n) is 40.8. The van der Waals surface area contributed by atoms with E-state index in [0.29, 0.717) is 18.4 Å². The Kier molecular flexibility index (Phi) is 27.9. The summed E-state index contributed by atoms with van der Waals surface area (Å²) in [4.78, 5) is 0. The molecule has 57 heavy (non-hydrogen) atoms. The first-order valence-electron chi connectivity index (χ1n) is 25.3. The van der Waals surface area contributed by atoms with Crippen molar-refractivity contribution in [3.05, 3.63) is 0 Å². The Morgan fingerprint density at radius 3 is 1.67 bits per heavy atom. The molecule has 0 aromatic carbocycles. The molecule has 2 fully saturated rings. The lowest BCUT2D eigenvalue weighted by atomic mass is 9.70. The molecule has 2 saturated carbocycles.